The fourth-order valence-corrected chi connectivity index (χ4v) is 2.21. The Balaban J connectivity index is 1.86. The number of carbonyl (C=O) groups excluding carboxylic acids is 2. The molecule has 0 heterocycles. The molecule has 0 radical (unpaired) electrons. The first-order chi connectivity index (χ1) is 11.6. The molecule has 0 fully saturated rings. The third kappa shape index (κ3) is 5.51. The number of carbonyl (C=O) groups is 2. The molecular weight excluding hydrogens is 374 g/mol. The zero-order valence-electron chi connectivity index (χ0n) is 13.0. The van der Waals surface area contributed by atoms with Crippen LogP contribution in [0, 0.1) is 0 Å². The molecule has 6 nitrogen and oxygen atoms in total. The van der Waals surface area contributed by atoms with E-state index >= 15 is 0 Å². The van der Waals surface area contributed by atoms with Crippen LogP contribution in [0.3, 0.4) is 0 Å². The van der Waals surface area contributed by atoms with Crippen molar-refractivity contribution in [3.63, 3.8) is 0 Å². The number of ether oxygens (including phenoxy) is 1. The zero-order valence-corrected chi connectivity index (χ0v) is 14.5. The third-order valence-electron chi connectivity index (χ3n) is 2.86. The van der Waals surface area contributed by atoms with Gasteiger partial charge in [0.05, 0.1) is 12.8 Å². The van der Waals surface area contributed by atoms with Gasteiger partial charge in [0, 0.05) is 10.2 Å². The van der Waals surface area contributed by atoms with Crippen LogP contribution in [-0.4, -0.2) is 24.6 Å². The van der Waals surface area contributed by atoms with Crippen LogP contribution in [-0.2, 0) is 9.59 Å². The number of hydrazone groups is 1. The van der Waals surface area contributed by atoms with Crippen LogP contribution >= 0.6 is 15.9 Å². The summed E-state index contributed by atoms with van der Waals surface area (Å²) in [6.45, 7) is 2.44. The topological polar surface area (TPSA) is 79.8 Å². The molecule has 2 aromatic carbocycles. The van der Waals surface area contributed by atoms with Crippen molar-refractivity contribution in [2.45, 2.75) is 6.92 Å². The number of amides is 2. The minimum absolute atomic E-state index is 0.495. The Morgan fingerprint density at radius 2 is 1.92 bits per heavy atom. The summed E-state index contributed by atoms with van der Waals surface area (Å²) < 4.78 is 6.20. The molecule has 2 rings (SSSR count). The first kappa shape index (κ1) is 17.7. The first-order valence-corrected chi connectivity index (χ1v) is 8.00. The highest BCUT2D eigenvalue weighted by molar-refractivity contribution is 9.10. The Labute approximate surface area is 148 Å². The van der Waals surface area contributed by atoms with Crippen LogP contribution < -0.4 is 15.5 Å². The van der Waals surface area contributed by atoms with Crippen molar-refractivity contribution in [2.75, 3.05) is 11.9 Å². The van der Waals surface area contributed by atoms with Gasteiger partial charge in [-0.1, -0.05) is 28.1 Å². The fraction of sp³-hybridized carbons (Fsp3) is 0.118. The summed E-state index contributed by atoms with van der Waals surface area (Å²) in [6.07, 6.45) is 1.45. The van der Waals surface area contributed by atoms with Crippen molar-refractivity contribution >= 4 is 39.6 Å². The normalized spacial score (nSPS) is 10.4. The molecule has 2 N–H and O–H groups in total. The predicted molar refractivity (Wildman–Crippen MR) is 96.1 cm³/mol. The Kier molecular flexibility index (Phi) is 6.51. The van der Waals surface area contributed by atoms with Crippen LogP contribution in [0.1, 0.15) is 12.5 Å². The van der Waals surface area contributed by atoms with Crippen LogP contribution in [0.4, 0.5) is 5.69 Å². The second-order valence-electron chi connectivity index (χ2n) is 4.67. The number of hydrogen-bond acceptors (Lipinski definition) is 4. The summed E-state index contributed by atoms with van der Waals surface area (Å²) in [5, 5.41) is 6.24. The van der Waals surface area contributed by atoms with Gasteiger partial charge in [-0.05, 0) is 48.9 Å². The van der Waals surface area contributed by atoms with Crippen LogP contribution in [0.25, 0.3) is 0 Å². The van der Waals surface area contributed by atoms with E-state index in [1.807, 2.05) is 31.2 Å². The molecule has 2 aromatic rings. The molecule has 0 aliphatic rings. The zero-order chi connectivity index (χ0) is 17.4. The average Bonchev–Trinajstić information content (AvgIpc) is 2.57. The predicted octanol–water partition coefficient (Wildman–Crippen LogP) is 2.94. The number of nitrogens with zero attached hydrogens (tertiary/aromatic N) is 1. The molecule has 7 heteroatoms. The maximum absolute atomic E-state index is 11.8. The molecule has 0 aliphatic heterocycles. The lowest BCUT2D eigenvalue weighted by Gasteiger charge is -2.06. The van der Waals surface area contributed by atoms with E-state index in [1.54, 1.807) is 24.3 Å². The second kappa shape index (κ2) is 8.83. The van der Waals surface area contributed by atoms with E-state index in [0.717, 1.165) is 10.0 Å². The van der Waals surface area contributed by atoms with Crippen molar-refractivity contribution < 1.29 is 14.3 Å². The number of rotatable bonds is 5. The third-order valence-corrected chi connectivity index (χ3v) is 3.35. The van der Waals surface area contributed by atoms with Crippen LogP contribution in [0.2, 0.25) is 0 Å². The highest BCUT2D eigenvalue weighted by Gasteiger charge is 2.12. The van der Waals surface area contributed by atoms with Gasteiger partial charge in [-0.2, -0.15) is 5.10 Å². The van der Waals surface area contributed by atoms with Crippen molar-refractivity contribution in [1.82, 2.24) is 5.43 Å². The molecule has 124 valence electrons. The molecule has 0 unspecified atom stereocenters. The van der Waals surface area contributed by atoms with Crippen molar-refractivity contribution in [2.24, 2.45) is 5.10 Å². The van der Waals surface area contributed by atoms with Gasteiger partial charge in [0.1, 0.15) is 5.75 Å². The van der Waals surface area contributed by atoms with Gasteiger partial charge in [-0.3, -0.25) is 9.59 Å². The van der Waals surface area contributed by atoms with Crippen molar-refractivity contribution in [3.8, 4) is 5.75 Å². The summed E-state index contributed by atoms with van der Waals surface area (Å²) in [7, 11) is 0. The average molecular weight is 390 g/mol. The number of anilines is 1. The summed E-state index contributed by atoms with van der Waals surface area (Å²) in [5.41, 5.74) is 3.46. The molecule has 0 atom stereocenters. The molecular formula is C17H16BrN3O3. The van der Waals surface area contributed by atoms with Gasteiger partial charge in [0.2, 0.25) is 0 Å². The Bertz CT molecular complexity index is 745. The summed E-state index contributed by atoms with van der Waals surface area (Å²) in [6, 6.07) is 14.1. The number of benzene rings is 2. The van der Waals surface area contributed by atoms with Gasteiger partial charge in [-0.25, -0.2) is 5.43 Å². The standard InChI is InChI=1S/C17H16BrN3O3/c1-2-24-15-8-6-14(7-9-15)20-16(22)17(23)21-19-11-12-4-3-5-13(18)10-12/h3-11H,2H2,1H3,(H,20,22)(H,21,23)/b19-11+. The minimum Gasteiger partial charge on any atom is -0.494 e. The lowest BCUT2D eigenvalue weighted by Crippen LogP contribution is -2.32. The Morgan fingerprint density at radius 1 is 1.17 bits per heavy atom. The maximum atomic E-state index is 11.8. The molecule has 2 amide bonds. The summed E-state index contributed by atoms with van der Waals surface area (Å²) in [4.78, 5) is 23.5. The van der Waals surface area contributed by atoms with E-state index in [2.05, 4.69) is 31.8 Å². The summed E-state index contributed by atoms with van der Waals surface area (Å²) >= 11 is 3.34. The van der Waals surface area contributed by atoms with E-state index in [1.165, 1.54) is 6.21 Å². The lowest BCUT2D eigenvalue weighted by molar-refractivity contribution is -0.136. The highest BCUT2D eigenvalue weighted by Crippen LogP contribution is 2.15. The first-order valence-electron chi connectivity index (χ1n) is 7.21. The van der Waals surface area contributed by atoms with E-state index in [0.29, 0.717) is 18.0 Å². The van der Waals surface area contributed by atoms with Gasteiger partial charge in [0.15, 0.2) is 0 Å². The van der Waals surface area contributed by atoms with Crippen molar-refractivity contribution in [3.05, 3.63) is 58.6 Å². The van der Waals surface area contributed by atoms with Crippen LogP contribution in [0.5, 0.6) is 5.75 Å². The molecule has 0 aliphatic carbocycles. The fourth-order valence-electron chi connectivity index (χ4n) is 1.79. The number of nitrogens with one attached hydrogen (secondary N) is 2. The minimum atomic E-state index is -0.852. The smallest absolute Gasteiger partial charge is 0.329 e. The summed E-state index contributed by atoms with van der Waals surface area (Å²) in [5.74, 6) is -0.959. The van der Waals surface area contributed by atoms with E-state index < -0.39 is 11.8 Å². The second-order valence-corrected chi connectivity index (χ2v) is 5.58. The molecule has 0 aromatic heterocycles. The number of hydrogen-bond donors (Lipinski definition) is 2. The SMILES string of the molecule is CCOc1ccc(NC(=O)C(=O)N/N=C/c2cccc(Br)c2)cc1. The molecule has 0 spiro atoms. The molecule has 0 saturated heterocycles. The maximum Gasteiger partial charge on any atom is 0.329 e. The van der Waals surface area contributed by atoms with Crippen LogP contribution in [0.15, 0.2) is 58.1 Å². The van der Waals surface area contributed by atoms with E-state index in [9.17, 15) is 9.59 Å². The monoisotopic (exact) mass is 389 g/mol. The van der Waals surface area contributed by atoms with Gasteiger partial charge < -0.3 is 10.1 Å². The van der Waals surface area contributed by atoms with E-state index in [4.69, 9.17) is 4.74 Å². The molecule has 24 heavy (non-hydrogen) atoms. The largest absolute Gasteiger partial charge is 0.494 e. The van der Waals surface area contributed by atoms with E-state index in [-0.39, 0.29) is 0 Å². The van der Waals surface area contributed by atoms with Gasteiger partial charge in [0.25, 0.3) is 0 Å². The van der Waals surface area contributed by atoms with Gasteiger partial charge >= 0.3 is 11.8 Å². The highest BCUT2D eigenvalue weighted by atomic mass is 79.9. The quantitative estimate of drug-likeness (QED) is 0.468. The molecule has 0 bridgehead atoms. The molecule has 0 saturated carbocycles. The lowest BCUT2D eigenvalue weighted by atomic mass is 10.2. The number of halogens is 1. The Hall–Kier alpha value is -2.67. The van der Waals surface area contributed by atoms with Gasteiger partial charge in [-0.15, -0.1) is 0 Å². The Morgan fingerprint density at radius 3 is 2.58 bits per heavy atom. The van der Waals surface area contributed by atoms with Crippen molar-refractivity contribution in [1.29, 1.82) is 0 Å².